The molecule has 4 aromatic rings. The molecule has 0 amide bonds. The number of anilines is 1. The van der Waals surface area contributed by atoms with Crippen molar-refractivity contribution in [3.8, 4) is 11.4 Å². The van der Waals surface area contributed by atoms with E-state index in [0.717, 1.165) is 62.0 Å². The lowest BCUT2D eigenvalue weighted by atomic mass is 10.3. The Morgan fingerprint density at radius 3 is 2.57 bits per heavy atom. The van der Waals surface area contributed by atoms with Gasteiger partial charge in [-0.2, -0.15) is 15.9 Å². The van der Waals surface area contributed by atoms with Crippen LogP contribution in [0.25, 0.3) is 17.0 Å². The second-order valence-corrected chi connectivity index (χ2v) is 9.01. The van der Waals surface area contributed by atoms with Crippen LogP contribution in [0.15, 0.2) is 41.1 Å². The Hall–Kier alpha value is -2.29. The molecule has 0 bridgehead atoms. The Balaban J connectivity index is 1.29. The molecule has 0 N–H and O–H groups in total. The average molecular weight is 411 g/mol. The molecule has 0 saturated carbocycles. The second kappa shape index (κ2) is 7.62. The van der Waals surface area contributed by atoms with Crippen molar-refractivity contribution in [3.05, 3.63) is 50.8 Å². The quantitative estimate of drug-likeness (QED) is 0.501. The molecule has 1 saturated heterocycles. The van der Waals surface area contributed by atoms with Crippen LogP contribution < -0.4 is 4.90 Å². The number of thiophene rings is 2. The largest absolute Gasteiger partial charge is 0.353 e. The zero-order valence-corrected chi connectivity index (χ0v) is 17.4. The van der Waals surface area contributed by atoms with Gasteiger partial charge in [-0.1, -0.05) is 6.92 Å². The SMILES string of the molecule is CCc1ccc(CN2CCN(c3ccc4nnc(-c5ccsc5)n4n3)CC2)s1. The zero-order valence-electron chi connectivity index (χ0n) is 15.8. The van der Waals surface area contributed by atoms with Gasteiger partial charge < -0.3 is 4.90 Å². The number of fused-ring (bicyclic) bond motifs is 1. The van der Waals surface area contributed by atoms with E-state index in [0.29, 0.717) is 0 Å². The number of aryl methyl sites for hydroxylation is 1. The lowest BCUT2D eigenvalue weighted by Gasteiger charge is -2.35. The molecule has 0 unspecified atom stereocenters. The molecule has 28 heavy (non-hydrogen) atoms. The predicted octanol–water partition coefficient (Wildman–Crippen LogP) is 3.80. The van der Waals surface area contributed by atoms with Crippen molar-refractivity contribution in [1.82, 2.24) is 24.7 Å². The molecule has 144 valence electrons. The first-order valence-electron chi connectivity index (χ1n) is 9.60. The smallest absolute Gasteiger partial charge is 0.186 e. The summed E-state index contributed by atoms with van der Waals surface area (Å²) in [7, 11) is 0. The van der Waals surface area contributed by atoms with Crippen molar-refractivity contribution in [3.63, 3.8) is 0 Å². The molecule has 1 fully saturated rings. The molecule has 0 aromatic carbocycles. The molecule has 5 rings (SSSR count). The van der Waals surface area contributed by atoms with Crippen LogP contribution in [0.5, 0.6) is 0 Å². The summed E-state index contributed by atoms with van der Waals surface area (Å²) < 4.78 is 1.86. The van der Waals surface area contributed by atoms with E-state index in [4.69, 9.17) is 5.10 Å². The molecule has 8 heteroatoms. The van der Waals surface area contributed by atoms with E-state index in [1.807, 2.05) is 21.9 Å². The van der Waals surface area contributed by atoms with Crippen LogP contribution in [0.4, 0.5) is 5.82 Å². The molecular weight excluding hydrogens is 388 g/mol. The molecule has 0 aliphatic carbocycles. The number of piperazine rings is 1. The fraction of sp³-hybridized carbons (Fsp3) is 0.350. The lowest BCUT2D eigenvalue weighted by Crippen LogP contribution is -2.46. The maximum Gasteiger partial charge on any atom is 0.186 e. The fourth-order valence-electron chi connectivity index (χ4n) is 3.57. The topological polar surface area (TPSA) is 49.6 Å². The Kier molecular flexibility index (Phi) is 4.84. The number of hydrogen-bond donors (Lipinski definition) is 0. The summed E-state index contributed by atoms with van der Waals surface area (Å²) in [6, 6.07) is 10.7. The van der Waals surface area contributed by atoms with Gasteiger partial charge in [0.15, 0.2) is 11.5 Å². The minimum Gasteiger partial charge on any atom is -0.353 e. The van der Waals surface area contributed by atoms with Crippen LogP contribution in [-0.4, -0.2) is 50.9 Å². The molecule has 4 aromatic heterocycles. The first kappa shape index (κ1) is 17.8. The van der Waals surface area contributed by atoms with E-state index >= 15 is 0 Å². The van der Waals surface area contributed by atoms with Gasteiger partial charge >= 0.3 is 0 Å². The van der Waals surface area contributed by atoms with E-state index in [-0.39, 0.29) is 0 Å². The molecule has 1 aliphatic heterocycles. The zero-order chi connectivity index (χ0) is 18.9. The number of hydrogen-bond acceptors (Lipinski definition) is 7. The first-order chi connectivity index (χ1) is 13.8. The van der Waals surface area contributed by atoms with Gasteiger partial charge in [0.2, 0.25) is 0 Å². The summed E-state index contributed by atoms with van der Waals surface area (Å²) in [6.07, 6.45) is 1.13. The van der Waals surface area contributed by atoms with Crippen LogP contribution in [0, 0.1) is 0 Å². The van der Waals surface area contributed by atoms with E-state index in [1.165, 1.54) is 9.75 Å². The number of nitrogens with zero attached hydrogens (tertiary/aromatic N) is 6. The molecule has 5 heterocycles. The van der Waals surface area contributed by atoms with Crippen LogP contribution in [0.1, 0.15) is 16.7 Å². The summed E-state index contributed by atoms with van der Waals surface area (Å²) in [5, 5.41) is 17.6. The summed E-state index contributed by atoms with van der Waals surface area (Å²) >= 11 is 3.60. The van der Waals surface area contributed by atoms with E-state index < -0.39 is 0 Å². The molecule has 1 aliphatic rings. The third kappa shape index (κ3) is 3.43. The summed E-state index contributed by atoms with van der Waals surface area (Å²) in [5.41, 5.74) is 1.85. The van der Waals surface area contributed by atoms with Gasteiger partial charge in [0.1, 0.15) is 5.82 Å². The monoisotopic (exact) mass is 410 g/mol. The Morgan fingerprint density at radius 1 is 0.964 bits per heavy atom. The predicted molar refractivity (Wildman–Crippen MR) is 115 cm³/mol. The summed E-state index contributed by atoms with van der Waals surface area (Å²) in [6.45, 7) is 7.36. The molecule has 0 spiro atoms. The minimum atomic E-state index is 0.785. The van der Waals surface area contributed by atoms with Crippen LogP contribution in [0.3, 0.4) is 0 Å². The Bertz CT molecular complexity index is 1060. The van der Waals surface area contributed by atoms with Gasteiger partial charge in [0.05, 0.1) is 0 Å². The van der Waals surface area contributed by atoms with E-state index in [2.05, 4.69) is 61.9 Å². The fourth-order valence-corrected chi connectivity index (χ4v) is 5.21. The summed E-state index contributed by atoms with van der Waals surface area (Å²) in [4.78, 5) is 7.84. The van der Waals surface area contributed by atoms with Crippen LogP contribution in [0.2, 0.25) is 0 Å². The van der Waals surface area contributed by atoms with Gasteiger partial charge in [-0.3, -0.25) is 4.90 Å². The Labute approximate surface area is 172 Å². The standard InChI is InChI=1S/C20H22N6S2/c1-2-16-3-4-17(28-16)13-24-8-10-25(11-9-24)19-6-5-18-21-22-20(26(18)23-19)15-7-12-27-14-15/h3-7,12,14H,2,8-11,13H2,1H3. The van der Waals surface area contributed by atoms with Gasteiger partial charge in [0.25, 0.3) is 0 Å². The van der Waals surface area contributed by atoms with Crippen molar-refractivity contribution < 1.29 is 0 Å². The van der Waals surface area contributed by atoms with Crippen LogP contribution in [-0.2, 0) is 13.0 Å². The lowest BCUT2D eigenvalue weighted by molar-refractivity contribution is 0.251. The van der Waals surface area contributed by atoms with Gasteiger partial charge in [-0.05, 0) is 42.1 Å². The maximum absolute atomic E-state index is 4.84. The summed E-state index contributed by atoms with van der Waals surface area (Å²) in [5.74, 6) is 1.80. The third-order valence-electron chi connectivity index (χ3n) is 5.17. The van der Waals surface area contributed by atoms with Crippen molar-refractivity contribution in [2.45, 2.75) is 19.9 Å². The Morgan fingerprint density at radius 2 is 1.82 bits per heavy atom. The van der Waals surface area contributed by atoms with Crippen molar-refractivity contribution in [2.24, 2.45) is 0 Å². The molecule has 0 atom stereocenters. The van der Waals surface area contributed by atoms with Gasteiger partial charge in [0, 0.05) is 53.4 Å². The van der Waals surface area contributed by atoms with E-state index in [1.54, 1.807) is 11.3 Å². The third-order valence-corrected chi connectivity index (χ3v) is 7.07. The van der Waals surface area contributed by atoms with Gasteiger partial charge in [-0.25, -0.2) is 0 Å². The maximum atomic E-state index is 4.84. The molecule has 6 nitrogen and oxygen atoms in total. The minimum absolute atomic E-state index is 0.785. The van der Waals surface area contributed by atoms with Crippen LogP contribution >= 0.6 is 22.7 Å². The van der Waals surface area contributed by atoms with Gasteiger partial charge in [-0.15, -0.1) is 26.6 Å². The number of aromatic nitrogens is 4. The average Bonchev–Trinajstić information content (AvgIpc) is 3.48. The number of rotatable bonds is 5. The van der Waals surface area contributed by atoms with E-state index in [9.17, 15) is 0 Å². The van der Waals surface area contributed by atoms with Crippen molar-refractivity contribution in [2.75, 3.05) is 31.1 Å². The van der Waals surface area contributed by atoms with Crippen molar-refractivity contribution in [1.29, 1.82) is 0 Å². The second-order valence-electron chi connectivity index (χ2n) is 6.98. The first-order valence-corrected chi connectivity index (χ1v) is 11.4. The van der Waals surface area contributed by atoms with Crippen molar-refractivity contribution >= 4 is 34.1 Å². The highest BCUT2D eigenvalue weighted by Gasteiger charge is 2.20. The molecule has 0 radical (unpaired) electrons. The normalized spacial score (nSPS) is 15.5. The highest BCUT2D eigenvalue weighted by atomic mass is 32.1. The highest BCUT2D eigenvalue weighted by molar-refractivity contribution is 7.12. The molecular formula is C20H22N6S2. The highest BCUT2D eigenvalue weighted by Crippen LogP contribution is 2.23.